The summed E-state index contributed by atoms with van der Waals surface area (Å²) in [6, 6.07) is 16.9. The summed E-state index contributed by atoms with van der Waals surface area (Å²) in [6.45, 7) is 6.12. The van der Waals surface area contributed by atoms with Gasteiger partial charge in [-0.25, -0.2) is 9.07 Å². The zero-order valence-electron chi connectivity index (χ0n) is 17.8. The molecule has 156 valence electrons. The maximum Gasteiger partial charge on any atom is 0.254 e. The number of aryl methyl sites for hydroxylation is 3. The van der Waals surface area contributed by atoms with Crippen LogP contribution in [0, 0.1) is 19.7 Å². The zero-order chi connectivity index (χ0) is 21.3. The number of benzene rings is 2. The maximum atomic E-state index is 13.3. The Morgan fingerprint density at radius 3 is 2.40 bits per heavy atom. The number of amides is 1. The molecule has 4 rings (SSSR count). The largest absolute Gasteiger partial charge is 0.333 e. The van der Waals surface area contributed by atoms with Crippen molar-refractivity contribution in [3.05, 3.63) is 82.9 Å². The van der Waals surface area contributed by atoms with Gasteiger partial charge in [-0.05, 0) is 94.5 Å². The van der Waals surface area contributed by atoms with Crippen molar-refractivity contribution in [1.82, 2.24) is 14.7 Å². The second-order valence-electron chi connectivity index (χ2n) is 8.34. The molecule has 4 nitrogen and oxygen atoms in total. The van der Waals surface area contributed by atoms with Crippen LogP contribution in [0.5, 0.6) is 0 Å². The van der Waals surface area contributed by atoms with Gasteiger partial charge in [-0.15, -0.1) is 0 Å². The Morgan fingerprint density at radius 1 is 1.07 bits per heavy atom. The Labute approximate surface area is 177 Å². The Kier molecular flexibility index (Phi) is 5.71. The Balaban J connectivity index is 1.47. The third-order valence-corrected chi connectivity index (χ3v) is 6.07. The van der Waals surface area contributed by atoms with Crippen molar-refractivity contribution in [3.8, 4) is 5.69 Å². The lowest BCUT2D eigenvalue weighted by Crippen LogP contribution is -2.40. The van der Waals surface area contributed by atoms with Crippen molar-refractivity contribution in [3.63, 3.8) is 0 Å². The standard InChI is InChI=1S/C25H28FN3O/c1-17-16-19(3)29(27-17)24-14-8-21(9-15-24)25(30)28-18(2)4-12-23(28)13-7-20-5-10-22(26)11-6-20/h5-6,8-11,14-16,18,23H,4,7,12-13H2,1-3H3/t18-,23-/m1/s1. The molecule has 3 aromatic rings. The molecule has 0 unspecified atom stereocenters. The molecule has 1 fully saturated rings. The molecule has 1 amide bonds. The van der Waals surface area contributed by atoms with E-state index in [1.165, 1.54) is 12.1 Å². The van der Waals surface area contributed by atoms with Gasteiger partial charge in [0.1, 0.15) is 5.82 Å². The SMILES string of the molecule is Cc1cc(C)n(-c2ccc(C(=O)N3[C@@H](CCc4ccc(F)cc4)CC[C@H]3C)cc2)n1. The van der Waals surface area contributed by atoms with E-state index < -0.39 is 0 Å². The number of rotatable bonds is 5. The molecule has 0 bridgehead atoms. The minimum Gasteiger partial charge on any atom is -0.333 e. The number of hydrogen-bond acceptors (Lipinski definition) is 2. The van der Waals surface area contributed by atoms with Gasteiger partial charge in [-0.2, -0.15) is 5.10 Å². The van der Waals surface area contributed by atoms with E-state index in [0.717, 1.165) is 48.3 Å². The molecule has 2 atom stereocenters. The molecule has 1 aromatic heterocycles. The number of likely N-dealkylation sites (tertiary alicyclic amines) is 1. The normalized spacial score (nSPS) is 18.7. The van der Waals surface area contributed by atoms with Crippen molar-refractivity contribution < 1.29 is 9.18 Å². The van der Waals surface area contributed by atoms with Gasteiger partial charge in [0.05, 0.1) is 11.4 Å². The van der Waals surface area contributed by atoms with E-state index in [1.807, 2.05) is 65.9 Å². The van der Waals surface area contributed by atoms with Crippen LogP contribution in [0.3, 0.4) is 0 Å². The quantitative estimate of drug-likeness (QED) is 0.581. The fourth-order valence-corrected chi connectivity index (χ4v) is 4.49. The highest BCUT2D eigenvalue weighted by molar-refractivity contribution is 5.95. The highest BCUT2D eigenvalue weighted by Gasteiger charge is 2.34. The average molecular weight is 406 g/mol. The first-order valence-electron chi connectivity index (χ1n) is 10.6. The van der Waals surface area contributed by atoms with Gasteiger partial charge in [-0.1, -0.05) is 12.1 Å². The molecule has 30 heavy (non-hydrogen) atoms. The molecule has 2 heterocycles. The van der Waals surface area contributed by atoms with E-state index in [9.17, 15) is 9.18 Å². The highest BCUT2D eigenvalue weighted by atomic mass is 19.1. The summed E-state index contributed by atoms with van der Waals surface area (Å²) in [7, 11) is 0. The van der Waals surface area contributed by atoms with Gasteiger partial charge in [-0.3, -0.25) is 4.79 Å². The van der Waals surface area contributed by atoms with Crippen LogP contribution < -0.4 is 0 Å². The number of carbonyl (C=O) groups excluding carboxylic acids is 1. The van der Waals surface area contributed by atoms with Crippen molar-refractivity contribution in [2.75, 3.05) is 0 Å². The second-order valence-corrected chi connectivity index (χ2v) is 8.34. The molecule has 1 aliphatic rings. The van der Waals surface area contributed by atoms with Crippen LogP contribution in [0.2, 0.25) is 0 Å². The fraction of sp³-hybridized carbons (Fsp3) is 0.360. The molecular formula is C25H28FN3O. The van der Waals surface area contributed by atoms with Gasteiger partial charge in [0.15, 0.2) is 0 Å². The molecule has 5 heteroatoms. The Bertz CT molecular complexity index is 1020. The summed E-state index contributed by atoms with van der Waals surface area (Å²) < 4.78 is 15.0. The lowest BCUT2D eigenvalue weighted by atomic mass is 10.0. The lowest BCUT2D eigenvalue weighted by molar-refractivity contribution is 0.0673. The summed E-state index contributed by atoms with van der Waals surface area (Å²) in [6.07, 6.45) is 3.77. The summed E-state index contributed by atoms with van der Waals surface area (Å²) in [4.78, 5) is 15.3. The van der Waals surface area contributed by atoms with E-state index in [1.54, 1.807) is 0 Å². The smallest absolute Gasteiger partial charge is 0.254 e. The van der Waals surface area contributed by atoms with Gasteiger partial charge in [0.2, 0.25) is 0 Å². The topological polar surface area (TPSA) is 38.1 Å². The van der Waals surface area contributed by atoms with Crippen molar-refractivity contribution in [1.29, 1.82) is 0 Å². The molecule has 1 aliphatic heterocycles. The molecule has 0 saturated carbocycles. The number of aromatic nitrogens is 2. The molecule has 0 N–H and O–H groups in total. The minimum absolute atomic E-state index is 0.0871. The van der Waals surface area contributed by atoms with Gasteiger partial charge >= 0.3 is 0 Å². The van der Waals surface area contributed by atoms with Gasteiger partial charge in [0.25, 0.3) is 5.91 Å². The van der Waals surface area contributed by atoms with Crippen LogP contribution in [0.1, 0.15) is 53.5 Å². The highest BCUT2D eigenvalue weighted by Crippen LogP contribution is 2.29. The number of nitrogens with zero attached hydrogens (tertiary/aromatic N) is 3. The first-order chi connectivity index (χ1) is 14.4. The first-order valence-corrected chi connectivity index (χ1v) is 10.6. The van der Waals surface area contributed by atoms with E-state index in [-0.39, 0.29) is 23.8 Å². The summed E-state index contributed by atoms with van der Waals surface area (Å²) in [5.74, 6) is -0.127. The fourth-order valence-electron chi connectivity index (χ4n) is 4.49. The monoisotopic (exact) mass is 405 g/mol. The second kappa shape index (κ2) is 8.42. The zero-order valence-corrected chi connectivity index (χ0v) is 17.8. The van der Waals surface area contributed by atoms with E-state index in [4.69, 9.17) is 0 Å². The molecular weight excluding hydrogens is 377 g/mol. The van der Waals surface area contributed by atoms with E-state index in [0.29, 0.717) is 5.56 Å². The maximum absolute atomic E-state index is 13.3. The van der Waals surface area contributed by atoms with Gasteiger partial charge < -0.3 is 4.90 Å². The Morgan fingerprint density at radius 2 is 1.77 bits per heavy atom. The predicted octanol–water partition coefficient (Wildman–Crippen LogP) is 5.25. The van der Waals surface area contributed by atoms with Crippen LogP contribution in [0.4, 0.5) is 4.39 Å². The Hall–Kier alpha value is -2.95. The summed E-state index contributed by atoms with van der Waals surface area (Å²) >= 11 is 0. The number of halogens is 1. The molecule has 0 spiro atoms. The van der Waals surface area contributed by atoms with Crippen molar-refractivity contribution in [2.24, 2.45) is 0 Å². The van der Waals surface area contributed by atoms with Crippen molar-refractivity contribution >= 4 is 5.91 Å². The molecule has 0 radical (unpaired) electrons. The average Bonchev–Trinajstić information content (AvgIpc) is 3.28. The molecule has 2 aromatic carbocycles. The van der Waals surface area contributed by atoms with Crippen LogP contribution in [0.15, 0.2) is 54.6 Å². The van der Waals surface area contributed by atoms with Crippen molar-refractivity contribution in [2.45, 2.75) is 58.5 Å². The van der Waals surface area contributed by atoms with Crippen LogP contribution in [-0.2, 0) is 6.42 Å². The molecule has 0 aliphatic carbocycles. The predicted molar refractivity (Wildman–Crippen MR) is 116 cm³/mol. The van der Waals surface area contributed by atoms with Crippen LogP contribution in [-0.4, -0.2) is 32.7 Å². The molecule has 1 saturated heterocycles. The van der Waals surface area contributed by atoms with Crippen LogP contribution in [0.25, 0.3) is 5.69 Å². The number of hydrogen-bond donors (Lipinski definition) is 0. The third kappa shape index (κ3) is 4.16. The summed E-state index contributed by atoms with van der Waals surface area (Å²) in [5.41, 5.74) is 4.82. The number of carbonyl (C=O) groups is 1. The van der Waals surface area contributed by atoms with E-state index >= 15 is 0 Å². The lowest BCUT2D eigenvalue weighted by Gasteiger charge is -2.29. The van der Waals surface area contributed by atoms with Gasteiger partial charge in [0, 0.05) is 23.3 Å². The first kappa shape index (κ1) is 20.3. The van der Waals surface area contributed by atoms with E-state index in [2.05, 4.69) is 12.0 Å². The summed E-state index contributed by atoms with van der Waals surface area (Å²) in [5, 5.41) is 4.51. The third-order valence-electron chi connectivity index (χ3n) is 6.07. The minimum atomic E-state index is -0.214. The van der Waals surface area contributed by atoms with Crippen LogP contribution >= 0.6 is 0 Å².